The lowest BCUT2D eigenvalue weighted by molar-refractivity contribution is -0.137. The number of rotatable bonds is 9. The molecule has 0 aliphatic rings. The SMILES string of the molecule is Cc1ccc(Cn2cc(C(CC(=O)NCCc3ccccn3)c3cccc(C(F)(F)F)c3)c3ccccc32)cc1. The molecule has 4 nitrogen and oxygen atoms in total. The van der Waals surface area contributed by atoms with Crippen LogP contribution in [0.3, 0.4) is 0 Å². The molecule has 7 heteroatoms. The van der Waals surface area contributed by atoms with E-state index in [0.717, 1.165) is 39.9 Å². The fraction of sp³-hybridized carbons (Fsp3) is 0.212. The third-order valence-electron chi connectivity index (χ3n) is 7.10. The van der Waals surface area contributed by atoms with Crippen molar-refractivity contribution in [3.63, 3.8) is 0 Å². The van der Waals surface area contributed by atoms with E-state index in [1.807, 2.05) is 55.6 Å². The summed E-state index contributed by atoms with van der Waals surface area (Å²) in [6.07, 6.45) is -0.215. The van der Waals surface area contributed by atoms with E-state index in [1.165, 1.54) is 11.6 Å². The number of halogens is 3. The summed E-state index contributed by atoms with van der Waals surface area (Å²) in [5.74, 6) is -0.796. The molecule has 0 radical (unpaired) electrons. The smallest absolute Gasteiger partial charge is 0.356 e. The van der Waals surface area contributed by atoms with Crippen LogP contribution in [0.5, 0.6) is 0 Å². The second kappa shape index (κ2) is 11.8. The average molecular weight is 542 g/mol. The topological polar surface area (TPSA) is 46.9 Å². The van der Waals surface area contributed by atoms with Crippen molar-refractivity contribution in [2.24, 2.45) is 0 Å². The number of alkyl halides is 3. The number of aromatic nitrogens is 2. The molecular weight excluding hydrogens is 511 g/mol. The van der Waals surface area contributed by atoms with E-state index in [0.29, 0.717) is 25.1 Å². The van der Waals surface area contributed by atoms with Gasteiger partial charge in [-0.15, -0.1) is 0 Å². The standard InChI is InChI=1S/C33H30F3N3O/c1-23-12-14-24(15-13-23)21-39-22-30(28-10-2-3-11-31(28)39)29(25-7-6-8-26(19-25)33(34,35)36)20-32(40)38-18-16-27-9-4-5-17-37-27/h2-15,17,19,22,29H,16,18,20-21H2,1H3,(H,38,40). The van der Waals surface area contributed by atoms with Gasteiger partial charge in [0.15, 0.2) is 0 Å². The van der Waals surface area contributed by atoms with Gasteiger partial charge in [0.05, 0.1) is 5.56 Å². The maximum absolute atomic E-state index is 13.7. The summed E-state index contributed by atoms with van der Waals surface area (Å²) in [5.41, 5.74) is 4.65. The first-order valence-electron chi connectivity index (χ1n) is 13.2. The molecular formula is C33H30F3N3O. The molecule has 1 unspecified atom stereocenters. The van der Waals surface area contributed by atoms with Crippen LogP contribution in [0.4, 0.5) is 13.2 Å². The van der Waals surface area contributed by atoms with Crippen molar-refractivity contribution in [3.05, 3.63) is 137 Å². The van der Waals surface area contributed by atoms with Crippen molar-refractivity contribution >= 4 is 16.8 Å². The highest BCUT2D eigenvalue weighted by Gasteiger charge is 2.32. The normalized spacial score (nSPS) is 12.4. The monoisotopic (exact) mass is 541 g/mol. The lowest BCUT2D eigenvalue weighted by atomic mass is 9.87. The fourth-order valence-electron chi connectivity index (χ4n) is 5.05. The highest BCUT2D eigenvalue weighted by atomic mass is 19.4. The Labute approximate surface area is 231 Å². The van der Waals surface area contributed by atoms with Crippen LogP contribution in [0.1, 0.15) is 45.8 Å². The average Bonchev–Trinajstić information content (AvgIpc) is 3.31. The van der Waals surface area contributed by atoms with Crippen LogP contribution in [-0.2, 0) is 23.9 Å². The number of aryl methyl sites for hydroxylation is 1. The van der Waals surface area contributed by atoms with E-state index in [4.69, 9.17) is 0 Å². The predicted octanol–water partition coefficient (Wildman–Crippen LogP) is 7.29. The quantitative estimate of drug-likeness (QED) is 0.213. The minimum absolute atomic E-state index is 0.0159. The molecule has 0 spiro atoms. The van der Waals surface area contributed by atoms with Gasteiger partial charge >= 0.3 is 6.18 Å². The zero-order valence-electron chi connectivity index (χ0n) is 22.2. The summed E-state index contributed by atoms with van der Waals surface area (Å²) in [6.45, 7) is 3.03. The number of nitrogens with one attached hydrogen (secondary N) is 1. The number of fused-ring (bicyclic) bond motifs is 1. The fourth-order valence-corrected chi connectivity index (χ4v) is 5.05. The predicted molar refractivity (Wildman–Crippen MR) is 151 cm³/mol. The van der Waals surface area contributed by atoms with Gasteiger partial charge in [-0.25, -0.2) is 0 Å². The number of hydrogen-bond donors (Lipinski definition) is 1. The number of amides is 1. The molecule has 3 aromatic carbocycles. The Morgan fingerprint density at radius 2 is 1.73 bits per heavy atom. The molecule has 0 aliphatic heterocycles. The molecule has 5 rings (SSSR count). The highest BCUT2D eigenvalue weighted by Crippen LogP contribution is 2.38. The summed E-state index contributed by atoms with van der Waals surface area (Å²) in [5, 5.41) is 3.85. The molecule has 40 heavy (non-hydrogen) atoms. The number of hydrogen-bond acceptors (Lipinski definition) is 2. The molecule has 204 valence electrons. The second-order valence-electron chi connectivity index (χ2n) is 10.0. The summed E-state index contributed by atoms with van der Waals surface area (Å²) < 4.78 is 43.1. The Kier molecular flexibility index (Phi) is 8.01. The summed E-state index contributed by atoms with van der Waals surface area (Å²) in [4.78, 5) is 17.5. The van der Waals surface area contributed by atoms with E-state index in [2.05, 4.69) is 39.1 Å². The van der Waals surface area contributed by atoms with Crippen LogP contribution < -0.4 is 5.32 Å². The van der Waals surface area contributed by atoms with Crippen LogP contribution in [0.25, 0.3) is 10.9 Å². The van der Waals surface area contributed by atoms with E-state index < -0.39 is 17.7 Å². The number of benzene rings is 3. The van der Waals surface area contributed by atoms with Crippen LogP contribution in [-0.4, -0.2) is 22.0 Å². The number of pyridine rings is 1. The zero-order valence-corrected chi connectivity index (χ0v) is 22.2. The van der Waals surface area contributed by atoms with Crippen molar-refractivity contribution in [3.8, 4) is 0 Å². The molecule has 1 atom stereocenters. The third kappa shape index (κ3) is 6.42. The molecule has 1 N–H and O–H groups in total. The minimum Gasteiger partial charge on any atom is -0.356 e. The molecule has 0 aliphatic carbocycles. The molecule has 0 saturated carbocycles. The van der Waals surface area contributed by atoms with Crippen molar-refractivity contribution in [1.82, 2.24) is 14.9 Å². The molecule has 0 saturated heterocycles. The lowest BCUT2D eigenvalue weighted by Crippen LogP contribution is -2.27. The number of para-hydroxylation sites is 1. The first-order valence-corrected chi connectivity index (χ1v) is 13.2. The first kappa shape index (κ1) is 27.2. The van der Waals surface area contributed by atoms with Crippen molar-refractivity contribution in [2.75, 3.05) is 6.54 Å². The van der Waals surface area contributed by atoms with Crippen LogP contribution in [0.15, 0.2) is 103 Å². The van der Waals surface area contributed by atoms with Gasteiger partial charge in [0.25, 0.3) is 0 Å². The Morgan fingerprint density at radius 3 is 2.48 bits per heavy atom. The van der Waals surface area contributed by atoms with Crippen LogP contribution in [0.2, 0.25) is 0 Å². The maximum Gasteiger partial charge on any atom is 0.416 e. The molecule has 0 bridgehead atoms. The van der Waals surface area contributed by atoms with Gasteiger partial charge in [-0.3, -0.25) is 9.78 Å². The Morgan fingerprint density at radius 1 is 0.950 bits per heavy atom. The molecule has 2 heterocycles. The van der Waals surface area contributed by atoms with Crippen LogP contribution >= 0.6 is 0 Å². The van der Waals surface area contributed by atoms with Gasteiger partial charge in [0, 0.05) is 60.8 Å². The zero-order chi connectivity index (χ0) is 28.1. The van der Waals surface area contributed by atoms with Gasteiger partial charge in [-0.05, 0) is 47.9 Å². The van der Waals surface area contributed by atoms with Crippen LogP contribution in [0, 0.1) is 6.92 Å². The van der Waals surface area contributed by atoms with Crippen molar-refractivity contribution in [2.45, 2.75) is 38.4 Å². The van der Waals surface area contributed by atoms with E-state index in [1.54, 1.807) is 12.3 Å². The second-order valence-corrected chi connectivity index (χ2v) is 10.0. The Hall–Kier alpha value is -4.39. The summed E-state index contributed by atoms with van der Waals surface area (Å²) >= 11 is 0. The van der Waals surface area contributed by atoms with Gasteiger partial charge < -0.3 is 9.88 Å². The van der Waals surface area contributed by atoms with Gasteiger partial charge in [-0.1, -0.05) is 72.3 Å². The number of nitrogens with zero attached hydrogens (tertiary/aromatic N) is 2. The van der Waals surface area contributed by atoms with Crippen molar-refractivity contribution < 1.29 is 18.0 Å². The van der Waals surface area contributed by atoms with Gasteiger partial charge in [0.1, 0.15) is 0 Å². The molecule has 1 amide bonds. The van der Waals surface area contributed by atoms with Gasteiger partial charge in [0.2, 0.25) is 5.91 Å². The minimum atomic E-state index is -4.48. The highest BCUT2D eigenvalue weighted by molar-refractivity contribution is 5.87. The van der Waals surface area contributed by atoms with Gasteiger partial charge in [-0.2, -0.15) is 13.2 Å². The maximum atomic E-state index is 13.7. The largest absolute Gasteiger partial charge is 0.416 e. The van der Waals surface area contributed by atoms with E-state index in [-0.39, 0.29) is 12.3 Å². The van der Waals surface area contributed by atoms with Crippen molar-refractivity contribution in [1.29, 1.82) is 0 Å². The van der Waals surface area contributed by atoms with E-state index >= 15 is 0 Å². The Balaban J connectivity index is 1.49. The Bertz CT molecular complexity index is 1590. The number of carbonyl (C=O) groups excluding carboxylic acids is 1. The summed E-state index contributed by atoms with van der Waals surface area (Å²) in [7, 11) is 0. The lowest BCUT2D eigenvalue weighted by Gasteiger charge is -2.19. The molecule has 2 aromatic heterocycles. The first-order chi connectivity index (χ1) is 19.3. The molecule has 5 aromatic rings. The molecule has 0 fully saturated rings. The third-order valence-corrected chi connectivity index (χ3v) is 7.10. The summed E-state index contributed by atoms with van der Waals surface area (Å²) in [6, 6.07) is 27.0. The van der Waals surface area contributed by atoms with E-state index in [9.17, 15) is 18.0 Å². The number of carbonyl (C=O) groups is 1.